The van der Waals surface area contributed by atoms with Crippen LogP contribution in [0.4, 0.5) is 4.79 Å². The molecule has 0 aromatic heterocycles. The first-order valence-corrected chi connectivity index (χ1v) is 2.34. The smallest absolute Gasteiger partial charge is 0.318 e. The van der Waals surface area contributed by atoms with Crippen LogP contribution in [0.2, 0.25) is 0 Å². The fourth-order valence-corrected chi connectivity index (χ4v) is 0.485. The molecule has 0 aliphatic carbocycles. The predicted molar refractivity (Wildman–Crippen MR) is 25.6 cm³/mol. The van der Waals surface area contributed by atoms with E-state index in [1.165, 1.54) is 0 Å². The molecule has 4 nitrogen and oxygen atoms in total. The first kappa shape index (κ1) is 5.24. The Labute approximate surface area is 46.5 Å². The maximum absolute atomic E-state index is 10.3. The van der Waals surface area contributed by atoms with Crippen LogP contribution in [0.3, 0.4) is 0 Å². The van der Waals surface area contributed by atoms with Gasteiger partial charge in [0.25, 0.3) is 0 Å². The molecular weight excluding hydrogens is 108 g/mol. The van der Waals surface area contributed by atoms with Crippen LogP contribution in [0, 0.1) is 0 Å². The summed E-state index contributed by atoms with van der Waals surface area (Å²) in [4.78, 5) is 20.3. The van der Waals surface area contributed by atoms with Gasteiger partial charge in [-0.2, -0.15) is 4.48 Å². The summed E-state index contributed by atoms with van der Waals surface area (Å²) >= 11 is 0. The highest BCUT2D eigenvalue weighted by Gasteiger charge is 2.49. The fraction of sp³-hybridized carbons (Fsp3) is 0.500. The van der Waals surface area contributed by atoms with Crippen LogP contribution >= 0.6 is 0 Å². The second-order valence-electron chi connectivity index (χ2n) is 1.92. The van der Waals surface area contributed by atoms with Crippen LogP contribution in [0.1, 0.15) is 0 Å². The number of imide groups is 1. The molecule has 1 aliphatic heterocycles. The van der Waals surface area contributed by atoms with Gasteiger partial charge in [-0.3, -0.25) is 0 Å². The number of quaternary nitrogens is 1. The molecule has 1 saturated heterocycles. The fourth-order valence-electron chi connectivity index (χ4n) is 0.485. The minimum absolute atomic E-state index is 0.167. The van der Waals surface area contributed by atoms with Gasteiger partial charge in [-0.05, 0) is 0 Å². The van der Waals surface area contributed by atoms with E-state index in [1.807, 2.05) is 0 Å². The van der Waals surface area contributed by atoms with Gasteiger partial charge in [-0.1, -0.05) is 0 Å². The van der Waals surface area contributed by atoms with Crippen LogP contribution in [-0.4, -0.2) is 30.0 Å². The van der Waals surface area contributed by atoms with E-state index < -0.39 is 6.03 Å². The van der Waals surface area contributed by atoms with E-state index >= 15 is 0 Å². The highest BCUT2D eigenvalue weighted by Crippen LogP contribution is 2.15. The summed E-state index contributed by atoms with van der Waals surface area (Å²) < 4.78 is -0.167. The number of hydrogen-bond donors (Lipinski definition) is 1. The lowest BCUT2D eigenvalue weighted by Gasteiger charge is -1.97. The van der Waals surface area contributed by atoms with Gasteiger partial charge in [0.15, 0.2) is 0 Å². The van der Waals surface area contributed by atoms with Gasteiger partial charge in [0.05, 0.1) is 0 Å². The Bertz CT molecular complexity index is 139. The molecule has 8 heavy (non-hydrogen) atoms. The summed E-state index contributed by atoms with van der Waals surface area (Å²) in [5.74, 6) is 0. The van der Waals surface area contributed by atoms with Gasteiger partial charge in [0, 0.05) is 0 Å². The van der Waals surface area contributed by atoms with Crippen molar-refractivity contribution in [3.8, 4) is 0 Å². The zero-order valence-corrected chi connectivity index (χ0v) is 4.33. The molecule has 0 bridgehead atoms. The molecule has 0 aromatic carbocycles. The van der Waals surface area contributed by atoms with Crippen LogP contribution in [-0.2, 0) is 4.79 Å². The molecule has 1 rings (SSSR count). The van der Waals surface area contributed by atoms with Crippen molar-refractivity contribution in [3.05, 3.63) is 0 Å². The zero-order chi connectivity index (χ0) is 6.20. The first-order valence-electron chi connectivity index (χ1n) is 2.34. The molecule has 2 N–H and O–H groups in total. The summed E-state index contributed by atoms with van der Waals surface area (Å²) in [7, 11) is 0. The number of nitrogens with two attached hydrogens (primary N) is 1. The lowest BCUT2D eigenvalue weighted by Crippen LogP contribution is -2.36. The van der Waals surface area contributed by atoms with Crippen molar-refractivity contribution in [1.82, 2.24) is 0 Å². The topological polar surface area (TPSA) is 60.2 Å². The molecule has 0 saturated carbocycles. The summed E-state index contributed by atoms with van der Waals surface area (Å²) in [6.45, 7) is 1.16. The second kappa shape index (κ2) is 1.29. The van der Waals surface area contributed by atoms with E-state index in [9.17, 15) is 9.59 Å². The van der Waals surface area contributed by atoms with E-state index in [2.05, 4.69) is 0 Å². The number of carbonyl (C=O) groups excluding carboxylic acids is 2. The number of rotatable bonds is 1. The lowest BCUT2D eigenvalue weighted by molar-refractivity contribution is -0.614. The molecule has 3 amide bonds. The highest BCUT2D eigenvalue weighted by atomic mass is 16.2. The van der Waals surface area contributed by atoms with Crippen molar-refractivity contribution < 1.29 is 14.1 Å². The Morgan fingerprint density at radius 1 is 1.62 bits per heavy atom. The molecule has 1 aliphatic rings. The molecule has 0 aromatic rings. The van der Waals surface area contributed by atoms with Gasteiger partial charge >= 0.3 is 12.4 Å². The summed E-state index contributed by atoms with van der Waals surface area (Å²) in [6.07, 6.45) is 0.586. The number of hydrogen-bond acceptors (Lipinski definition) is 2. The van der Waals surface area contributed by atoms with Crippen LogP contribution in [0.15, 0.2) is 0 Å². The van der Waals surface area contributed by atoms with Gasteiger partial charge in [-0.15, -0.1) is 0 Å². The monoisotopic (exact) mass is 115 g/mol. The standard InChI is InChI=1S/C4H6N2O2/c5-4(8)6(3-7)1-2-6/h3H,1-2H2,(H-,5,8)/p+1. The average molecular weight is 115 g/mol. The quantitative estimate of drug-likeness (QED) is 0.272. The van der Waals surface area contributed by atoms with Crippen molar-refractivity contribution in [2.75, 3.05) is 13.1 Å². The Morgan fingerprint density at radius 3 is 2.12 bits per heavy atom. The van der Waals surface area contributed by atoms with Crippen molar-refractivity contribution >= 4 is 12.4 Å². The number of urea groups is 1. The second-order valence-corrected chi connectivity index (χ2v) is 1.92. The van der Waals surface area contributed by atoms with Crippen LogP contribution < -0.4 is 5.73 Å². The van der Waals surface area contributed by atoms with Crippen LogP contribution in [0.5, 0.6) is 0 Å². The number of primary amides is 1. The maximum Gasteiger partial charge on any atom is 0.421 e. The van der Waals surface area contributed by atoms with Gasteiger partial charge in [0.1, 0.15) is 13.1 Å². The maximum atomic E-state index is 10.3. The minimum atomic E-state index is -0.542. The Balaban J connectivity index is 2.66. The average Bonchev–Trinajstić information content (AvgIpc) is 2.44. The third kappa shape index (κ3) is 0.500. The number of amides is 3. The molecule has 0 unspecified atom stereocenters. The van der Waals surface area contributed by atoms with E-state index in [-0.39, 0.29) is 4.48 Å². The molecule has 0 atom stereocenters. The summed E-state index contributed by atoms with van der Waals surface area (Å²) in [5.41, 5.74) is 4.85. The zero-order valence-electron chi connectivity index (χ0n) is 4.33. The van der Waals surface area contributed by atoms with Gasteiger partial charge in [-0.25, -0.2) is 9.59 Å². The normalized spacial score (nSPS) is 22.0. The molecular formula is C4H7N2O2+. The third-order valence-corrected chi connectivity index (χ3v) is 1.35. The third-order valence-electron chi connectivity index (χ3n) is 1.35. The lowest BCUT2D eigenvalue weighted by atomic mass is 10.8. The minimum Gasteiger partial charge on any atom is -0.318 e. The molecule has 44 valence electrons. The summed E-state index contributed by atoms with van der Waals surface area (Å²) in [5, 5.41) is 0. The Morgan fingerprint density at radius 2 is 2.12 bits per heavy atom. The Kier molecular flexibility index (Phi) is 0.844. The molecule has 0 radical (unpaired) electrons. The largest absolute Gasteiger partial charge is 0.421 e. The van der Waals surface area contributed by atoms with Crippen molar-refractivity contribution in [2.24, 2.45) is 5.73 Å². The highest BCUT2D eigenvalue weighted by molar-refractivity contribution is 5.74. The Hall–Kier alpha value is -0.900. The van der Waals surface area contributed by atoms with Crippen molar-refractivity contribution in [3.63, 3.8) is 0 Å². The van der Waals surface area contributed by atoms with Crippen molar-refractivity contribution in [1.29, 1.82) is 0 Å². The predicted octanol–water partition coefficient (Wildman–Crippen LogP) is -0.948. The molecule has 0 spiro atoms. The van der Waals surface area contributed by atoms with Gasteiger partial charge in [0.2, 0.25) is 0 Å². The number of nitrogens with zero attached hydrogens (tertiary/aromatic N) is 1. The SMILES string of the molecule is NC(=O)[N+]1(C=O)CC1. The van der Waals surface area contributed by atoms with Crippen molar-refractivity contribution in [2.45, 2.75) is 0 Å². The van der Waals surface area contributed by atoms with E-state index in [0.29, 0.717) is 19.5 Å². The first-order chi connectivity index (χ1) is 3.71. The van der Waals surface area contributed by atoms with Gasteiger partial charge < -0.3 is 5.73 Å². The van der Waals surface area contributed by atoms with E-state index in [0.717, 1.165) is 0 Å². The van der Waals surface area contributed by atoms with E-state index in [1.54, 1.807) is 0 Å². The van der Waals surface area contributed by atoms with Crippen LogP contribution in [0.25, 0.3) is 0 Å². The van der Waals surface area contributed by atoms with E-state index in [4.69, 9.17) is 5.73 Å². The molecule has 1 heterocycles. The molecule has 1 fully saturated rings. The number of carbonyl (C=O) groups is 2. The molecule has 4 heteroatoms. The summed E-state index contributed by atoms with van der Waals surface area (Å²) in [6, 6.07) is -0.542.